The highest BCUT2D eigenvalue weighted by atomic mass is 32.1. The van der Waals surface area contributed by atoms with E-state index in [0.29, 0.717) is 11.6 Å². The van der Waals surface area contributed by atoms with E-state index in [1.807, 2.05) is 0 Å². The van der Waals surface area contributed by atoms with Crippen LogP contribution < -0.4 is 0 Å². The van der Waals surface area contributed by atoms with Crippen molar-refractivity contribution in [2.24, 2.45) is 0 Å². The van der Waals surface area contributed by atoms with Crippen LogP contribution in [0.5, 0.6) is 0 Å². The highest BCUT2D eigenvalue weighted by Crippen LogP contribution is 2.39. The molecule has 0 radical (unpaired) electrons. The van der Waals surface area contributed by atoms with Gasteiger partial charge >= 0.3 is 5.97 Å². The lowest BCUT2D eigenvalue weighted by atomic mass is 9.84. The van der Waals surface area contributed by atoms with Crippen LogP contribution in [0.4, 0.5) is 0 Å². The molecule has 1 aromatic rings. The first-order valence-electron chi connectivity index (χ1n) is 4.34. The molecular formula is C9H11NO2S. The molecule has 70 valence electrons. The molecule has 0 atom stereocenters. The lowest BCUT2D eigenvalue weighted by Gasteiger charge is -2.24. The summed E-state index contributed by atoms with van der Waals surface area (Å²) in [6.45, 7) is 0. The lowest BCUT2D eigenvalue weighted by Crippen LogP contribution is -2.12. The molecule has 13 heavy (non-hydrogen) atoms. The van der Waals surface area contributed by atoms with E-state index in [1.165, 1.54) is 26.4 Å². The van der Waals surface area contributed by atoms with Gasteiger partial charge in [0.1, 0.15) is 0 Å². The van der Waals surface area contributed by atoms with Crippen LogP contribution in [0.25, 0.3) is 0 Å². The first-order valence-corrected chi connectivity index (χ1v) is 5.22. The van der Waals surface area contributed by atoms with Crippen molar-refractivity contribution >= 4 is 17.3 Å². The van der Waals surface area contributed by atoms with Gasteiger partial charge in [-0.3, -0.25) is 0 Å². The van der Waals surface area contributed by atoms with E-state index in [4.69, 9.17) is 0 Å². The quantitative estimate of drug-likeness (QED) is 0.682. The van der Waals surface area contributed by atoms with Crippen LogP contribution in [0.3, 0.4) is 0 Å². The molecule has 1 aliphatic rings. The maximum atomic E-state index is 11.3. The number of ether oxygens (including phenoxy) is 1. The number of thiazole rings is 1. The van der Waals surface area contributed by atoms with Crippen LogP contribution in [-0.2, 0) is 4.74 Å². The molecular weight excluding hydrogens is 186 g/mol. The van der Waals surface area contributed by atoms with E-state index >= 15 is 0 Å². The van der Waals surface area contributed by atoms with E-state index in [9.17, 15) is 4.79 Å². The number of methoxy groups -OCH3 is 1. The van der Waals surface area contributed by atoms with Gasteiger partial charge in [0, 0.05) is 4.88 Å². The molecule has 0 N–H and O–H groups in total. The minimum Gasteiger partial charge on any atom is -0.464 e. The Bertz CT molecular complexity index is 317. The van der Waals surface area contributed by atoms with Crippen molar-refractivity contribution in [3.8, 4) is 0 Å². The third kappa shape index (κ3) is 1.46. The van der Waals surface area contributed by atoms with Gasteiger partial charge in [-0.1, -0.05) is 6.42 Å². The molecule has 0 aliphatic heterocycles. The fourth-order valence-electron chi connectivity index (χ4n) is 1.47. The minimum absolute atomic E-state index is 0.303. The van der Waals surface area contributed by atoms with Gasteiger partial charge in [0.15, 0.2) is 5.69 Å². The van der Waals surface area contributed by atoms with Crippen molar-refractivity contribution in [1.82, 2.24) is 4.98 Å². The summed E-state index contributed by atoms with van der Waals surface area (Å²) in [5, 5.41) is 0. The SMILES string of the molecule is COC(=O)c1ncsc1C1CCC1. The molecule has 3 nitrogen and oxygen atoms in total. The molecule has 0 spiro atoms. The number of nitrogens with zero attached hydrogens (tertiary/aromatic N) is 1. The van der Waals surface area contributed by atoms with Crippen molar-refractivity contribution in [3.63, 3.8) is 0 Å². The van der Waals surface area contributed by atoms with Crippen molar-refractivity contribution in [2.45, 2.75) is 25.2 Å². The molecule has 2 rings (SSSR count). The van der Waals surface area contributed by atoms with Crippen molar-refractivity contribution in [2.75, 3.05) is 7.11 Å². The van der Waals surface area contributed by atoms with E-state index < -0.39 is 0 Å². The Hall–Kier alpha value is -0.900. The summed E-state index contributed by atoms with van der Waals surface area (Å²) < 4.78 is 4.66. The summed E-state index contributed by atoms with van der Waals surface area (Å²) in [4.78, 5) is 16.4. The van der Waals surface area contributed by atoms with Crippen LogP contribution in [0.2, 0.25) is 0 Å². The van der Waals surface area contributed by atoms with Crippen LogP contribution in [0.1, 0.15) is 40.5 Å². The van der Waals surface area contributed by atoms with E-state index in [2.05, 4.69) is 9.72 Å². The predicted octanol–water partition coefficient (Wildman–Crippen LogP) is 2.20. The zero-order valence-electron chi connectivity index (χ0n) is 7.45. The number of esters is 1. The standard InChI is InChI=1S/C9H11NO2S/c1-12-9(11)7-8(13-5-10-7)6-3-2-4-6/h5-6H,2-4H2,1H3. The number of aromatic nitrogens is 1. The second kappa shape index (κ2) is 3.46. The van der Waals surface area contributed by atoms with Crippen molar-refractivity contribution in [3.05, 3.63) is 16.1 Å². The molecule has 1 saturated carbocycles. The summed E-state index contributed by atoms with van der Waals surface area (Å²) in [6.07, 6.45) is 3.64. The lowest BCUT2D eigenvalue weighted by molar-refractivity contribution is 0.0592. The van der Waals surface area contributed by atoms with Crippen molar-refractivity contribution < 1.29 is 9.53 Å². The number of carbonyl (C=O) groups is 1. The average molecular weight is 197 g/mol. The summed E-state index contributed by atoms with van der Waals surface area (Å²) in [5.41, 5.74) is 2.25. The molecule has 1 aromatic heterocycles. The van der Waals surface area contributed by atoms with Gasteiger partial charge in [-0.15, -0.1) is 11.3 Å². The molecule has 0 bridgehead atoms. The molecule has 0 amide bonds. The Balaban J connectivity index is 2.24. The molecule has 1 aliphatic carbocycles. The molecule has 4 heteroatoms. The minimum atomic E-state index is -0.303. The Morgan fingerprint density at radius 3 is 3.00 bits per heavy atom. The van der Waals surface area contributed by atoms with Gasteiger partial charge < -0.3 is 4.74 Å². The molecule has 0 aromatic carbocycles. The van der Waals surface area contributed by atoms with Gasteiger partial charge in [-0.25, -0.2) is 9.78 Å². The molecule has 0 unspecified atom stereocenters. The van der Waals surface area contributed by atoms with E-state index in [0.717, 1.165) is 4.88 Å². The summed E-state index contributed by atoms with van der Waals surface area (Å²) in [5.74, 6) is 0.254. The second-order valence-corrected chi connectivity index (χ2v) is 4.07. The highest BCUT2D eigenvalue weighted by molar-refractivity contribution is 7.10. The Morgan fingerprint density at radius 2 is 2.46 bits per heavy atom. The normalized spacial score (nSPS) is 16.7. The summed E-state index contributed by atoms with van der Waals surface area (Å²) in [6, 6.07) is 0. The maximum Gasteiger partial charge on any atom is 0.357 e. The van der Waals surface area contributed by atoms with Crippen molar-refractivity contribution in [1.29, 1.82) is 0 Å². The van der Waals surface area contributed by atoms with Crippen LogP contribution in [-0.4, -0.2) is 18.1 Å². The maximum absolute atomic E-state index is 11.3. The van der Waals surface area contributed by atoms with E-state index in [1.54, 1.807) is 16.8 Å². The van der Waals surface area contributed by atoms with Gasteiger partial charge in [-0.2, -0.15) is 0 Å². The van der Waals surface area contributed by atoms with Gasteiger partial charge in [-0.05, 0) is 18.8 Å². The number of hydrogen-bond donors (Lipinski definition) is 0. The predicted molar refractivity (Wildman–Crippen MR) is 50.0 cm³/mol. The van der Waals surface area contributed by atoms with Crippen LogP contribution >= 0.6 is 11.3 Å². The first-order chi connectivity index (χ1) is 6.33. The zero-order valence-corrected chi connectivity index (χ0v) is 8.26. The second-order valence-electron chi connectivity index (χ2n) is 3.18. The molecule has 1 fully saturated rings. The zero-order chi connectivity index (χ0) is 9.26. The smallest absolute Gasteiger partial charge is 0.357 e. The molecule has 0 saturated heterocycles. The monoisotopic (exact) mass is 197 g/mol. The summed E-state index contributed by atoms with van der Waals surface area (Å²) >= 11 is 1.57. The summed E-state index contributed by atoms with van der Waals surface area (Å²) in [7, 11) is 1.40. The largest absolute Gasteiger partial charge is 0.464 e. The van der Waals surface area contributed by atoms with Gasteiger partial charge in [0.05, 0.1) is 12.6 Å². The van der Waals surface area contributed by atoms with E-state index in [-0.39, 0.29) is 5.97 Å². The van der Waals surface area contributed by atoms with Gasteiger partial charge in [0.2, 0.25) is 0 Å². The Morgan fingerprint density at radius 1 is 1.69 bits per heavy atom. The third-order valence-corrected chi connectivity index (χ3v) is 3.44. The number of hydrogen-bond acceptors (Lipinski definition) is 4. The number of rotatable bonds is 2. The first kappa shape index (κ1) is 8.69. The van der Waals surface area contributed by atoms with Crippen LogP contribution in [0.15, 0.2) is 5.51 Å². The topological polar surface area (TPSA) is 39.2 Å². The fourth-order valence-corrected chi connectivity index (χ4v) is 2.41. The molecule has 1 heterocycles. The fraction of sp³-hybridized carbons (Fsp3) is 0.556. The van der Waals surface area contributed by atoms with Gasteiger partial charge in [0.25, 0.3) is 0 Å². The van der Waals surface area contributed by atoms with Crippen LogP contribution in [0, 0.1) is 0 Å². The Kier molecular flexibility index (Phi) is 2.31. The Labute approximate surface area is 80.8 Å². The third-order valence-electron chi connectivity index (χ3n) is 2.45. The highest BCUT2D eigenvalue weighted by Gasteiger charge is 2.27. The average Bonchev–Trinajstić information content (AvgIpc) is 2.49. The number of carbonyl (C=O) groups excluding carboxylic acids is 1.